The molecule has 29 heavy (non-hydrogen) atoms. The van der Waals surface area contributed by atoms with E-state index in [2.05, 4.69) is 52.6 Å². The molecule has 1 aromatic carbocycles. The number of imide groups is 1. The number of amides is 3. The van der Waals surface area contributed by atoms with Gasteiger partial charge in [0.25, 0.3) is 5.91 Å². The average molecular weight is 395 g/mol. The fourth-order valence-corrected chi connectivity index (χ4v) is 4.82. The molecular weight excluding hydrogens is 364 g/mol. The predicted octanol–water partition coefficient (Wildman–Crippen LogP) is 3.46. The van der Waals surface area contributed by atoms with Crippen molar-refractivity contribution >= 4 is 22.8 Å². The molecule has 2 N–H and O–H groups in total. The summed E-state index contributed by atoms with van der Waals surface area (Å²) in [6, 6.07) is 10.1. The van der Waals surface area contributed by atoms with Crippen molar-refractivity contribution in [2.75, 3.05) is 13.1 Å². The molecule has 1 atom stereocenters. The number of aromatic nitrogens is 1. The first kappa shape index (κ1) is 19.8. The summed E-state index contributed by atoms with van der Waals surface area (Å²) in [6.45, 7) is 7.04. The summed E-state index contributed by atoms with van der Waals surface area (Å²) in [5.41, 5.74) is 1.57. The van der Waals surface area contributed by atoms with Gasteiger partial charge in [0.05, 0.1) is 5.52 Å². The third-order valence-corrected chi connectivity index (χ3v) is 6.50. The molecule has 1 aromatic heterocycles. The molecule has 0 spiro atoms. The Hall–Kier alpha value is -2.47. The number of nitrogens with one attached hydrogen (secondary N) is 2. The molecule has 2 fully saturated rings. The largest absolute Gasteiger partial charge is 0.323 e. The molecule has 6 heteroatoms. The van der Waals surface area contributed by atoms with Crippen molar-refractivity contribution in [1.29, 1.82) is 0 Å². The van der Waals surface area contributed by atoms with E-state index in [4.69, 9.17) is 0 Å². The number of hydrogen-bond donors (Lipinski definition) is 2. The van der Waals surface area contributed by atoms with Gasteiger partial charge in [0.15, 0.2) is 0 Å². The maximum atomic E-state index is 12.7. The van der Waals surface area contributed by atoms with Crippen LogP contribution in [-0.4, -0.2) is 40.5 Å². The number of carbonyl (C=O) groups excluding carboxylic acids is 2. The number of fused-ring (bicyclic) bond motifs is 1. The second kappa shape index (κ2) is 8.11. The quantitative estimate of drug-likeness (QED) is 0.736. The van der Waals surface area contributed by atoms with E-state index in [1.54, 1.807) is 0 Å². The number of hydrogen-bond acceptors (Lipinski definition) is 4. The Bertz CT molecular complexity index is 899. The maximum absolute atomic E-state index is 12.7. The lowest BCUT2D eigenvalue weighted by Gasteiger charge is -2.41. The number of benzene rings is 1. The number of likely N-dealkylation sites (tertiary alicyclic amines) is 1. The molecule has 2 aliphatic rings. The number of piperidine rings is 1. The molecule has 0 bridgehead atoms. The topological polar surface area (TPSA) is 74.3 Å². The number of rotatable bonds is 6. The standard InChI is InChI=1S/C23H30N4O2/c1-16(2)8-11-23(21(28)25-22(29)26-23)18-9-13-27(14-10-18)15-17-5-3-7-20-19(17)6-4-12-24-20/h3-7,12,16,18H,8-11,13-15H2,1-2H3,(H2,25,26,28,29). The Morgan fingerprint density at radius 2 is 1.97 bits per heavy atom. The van der Waals surface area contributed by atoms with Crippen LogP contribution < -0.4 is 10.6 Å². The van der Waals surface area contributed by atoms with Crippen LogP contribution in [0, 0.1) is 11.8 Å². The minimum absolute atomic E-state index is 0.137. The summed E-state index contributed by atoms with van der Waals surface area (Å²) in [7, 11) is 0. The molecule has 6 nitrogen and oxygen atoms in total. The zero-order chi connectivity index (χ0) is 20.4. The average Bonchev–Trinajstić information content (AvgIpc) is 3.01. The van der Waals surface area contributed by atoms with Gasteiger partial charge in [-0.05, 0) is 68.3 Å². The van der Waals surface area contributed by atoms with E-state index in [1.165, 1.54) is 10.9 Å². The predicted molar refractivity (Wildman–Crippen MR) is 113 cm³/mol. The molecule has 2 aromatic rings. The van der Waals surface area contributed by atoms with Gasteiger partial charge in [-0.25, -0.2) is 4.79 Å². The van der Waals surface area contributed by atoms with E-state index >= 15 is 0 Å². The van der Waals surface area contributed by atoms with Crippen molar-refractivity contribution in [2.45, 2.75) is 51.6 Å². The SMILES string of the molecule is CC(C)CCC1(C2CCN(Cc3cccc4ncccc34)CC2)NC(=O)NC1=O. The minimum atomic E-state index is -0.739. The molecule has 3 amide bonds. The lowest BCUT2D eigenvalue weighted by Crippen LogP contribution is -2.56. The smallest absolute Gasteiger partial charge is 0.322 e. The van der Waals surface area contributed by atoms with Crippen molar-refractivity contribution in [3.63, 3.8) is 0 Å². The highest BCUT2D eigenvalue weighted by Gasteiger charge is 2.51. The first-order valence-corrected chi connectivity index (χ1v) is 10.7. The summed E-state index contributed by atoms with van der Waals surface area (Å²) in [5.74, 6) is 0.539. The fraction of sp³-hybridized carbons (Fsp3) is 0.522. The molecule has 0 radical (unpaired) electrons. The Morgan fingerprint density at radius 3 is 2.66 bits per heavy atom. The Kier molecular flexibility index (Phi) is 5.54. The second-order valence-electron chi connectivity index (χ2n) is 8.85. The monoisotopic (exact) mass is 394 g/mol. The van der Waals surface area contributed by atoms with Crippen molar-refractivity contribution in [3.05, 3.63) is 42.1 Å². The zero-order valence-electron chi connectivity index (χ0n) is 17.3. The van der Waals surface area contributed by atoms with E-state index < -0.39 is 5.54 Å². The van der Waals surface area contributed by atoms with E-state index in [-0.39, 0.29) is 17.9 Å². The maximum Gasteiger partial charge on any atom is 0.322 e. The van der Waals surface area contributed by atoms with Crippen LogP contribution in [0.25, 0.3) is 10.9 Å². The molecule has 3 heterocycles. The van der Waals surface area contributed by atoms with E-state index in [0.29, 0.717) is 12.3 Å². The number of pyridine rings is 1. The Morgan fingerprint density at radius 1 is 1.17 bits per heavy atom. The molecule has 154 valence electrons. The van der Waals surface area contributed by atoms with Gasteiger partial charge in [0, 0.05) is 18.1 Å². The highest BCUT2D eigenvalue weighted by molar-refractivity contribution is 6.07. The van der Waals surface area contributed by atoms with Crippen LogP contribution >= 0.6 is 0 Å². The first-order valence-electron chi connectivity index (χ1n) is 10.7. The molecule has 0 aliphatic carbocycles. The van der Waals surface area contributed by atoms with Gasteiger partial charge in [-0.15, -0.1) is 0 Å². The van der Waals surface area contributed by atoms with E-state index in [0.717, 1.165) is 44.4 Å². The summed E-state index contributed by atoms with van der Waals surface area (Å²) < 4.78 is 0. The Labute approximate surface area is 172 Å². The van der Waals surface area contributed by atoms with Gasteiger partial charge in [-0.1, -0.05) is 32.0 Å². The minimum Gasteiger partial charge on any atom is -0.323 e. The van der Waals surface area contributed by atoms with Crippen LogP contribution in [0.5, 0.6) is 0 Å². The van der Waals surface area contributed by atoms with E-state index in [9.17, 15) is 9.59 Å². The zero-order valence-corrected chi connectivity index (χ0v) is 17.3. The lowest BCUT2D eigenvalue weighted by molar-refractivity contribution is -0.127. The van der Waals surface area contributed by atoms with Gasteiger partial charge in [0.1, 0.15) is 5.54 Å². The number of urea groups is 1. The molecule has 1 unspecified atom stereocenters. The van der Waals surface area contributed by atoms with Gasteiger partial charge in [-0.3, -0.25) is 20.0 Å². The normalized spacial score (nSPS) is 23.6. The van der Waals surface area contributed by atoms with Crippen LogP contribution in [-0.2, 0) is 11.3 Å². The molecule has 2 saturated heterocycles. The highest BCUT2D eigenvalue weighted by Crippen LogP contribution is 2.36. The summed E-state index contributed by atoms with van der Waals surface area (Å²) in [5, 5.41) is 6.70. The van der Waals surface area contributed by atoms with Gasteiger partial charge < -0.3 is 5.32 Å². The van der Waals surface area contributed by atoms with Crippen molar-refractivity contribution < 1.29 is 9.59 Å². The first-order chi connectivity index (χ1) is 14.0. The second-order valence-corrected chi connectivity index (χ2v) is 8.85. The Balaban J connectivity index is 1.45. The molecule has 4 rings (SSSR count). The van der Waals surface area contributed by atoms with Crippen LogP contribution in [0.15, 0.2) is 36.5 Å². The molecule has 2 aliphatic heterocycles. The van der Waals surface area contributed by atoms with E-state index in [1.807, 2.05) is 18.3 Å². The van der Waals surface area contributed by atoms with Crippen molar-refractivity contribution in [3.8, 4) is 0 Å². The third-order valence-electron chi connectivity index (χ3n) is 6.50. The number of carbonyl (C=O) groups is 2. The molecular formula is C23H30N4O2. The van der Waals surface area contributed by atoms with Crippen LogP contribution in [0.2, 0.25) is 0 Å². The number of nitrogens with zero attached hydrogens (tertiary/aromatic N) is 2. The summed E-state index contributed by atoms with van der Waals surface area (Å²) in [6.07, 6.45) is 5.29. The summed E-state index contributed by atoms with van der Waals surface area (Å²) in [4.78, 5) is 31.6. The van der Waals surface area contributed by atoms with Crippen LogP contribution in [0.1, 0.15) is 45.1 Å². The van der Waals surface area contributed by atoms with Gasteiger partial charge >= 0.3 is 6.03 Å². The summed E-state index contributed by atoms with van der Waals surface area (Å²) >= 11 is 0. The van der Waals surface area contributed by atoms with Crippen LogP contribution in [0.4, 0.5) is 4.79 Å². The van der Waals surface area contributed by atoms with Crippen LogP contribution in [0.3, 0.4) is 0 Å². The lowest BCUT2D eigenvalue weighted by atomic mass is 9.74. The van der Waals surface area contributed by atoms with Gasteiger partial charge in [0.2, 0.25) is 0 Å². The fourth-order valence-electron chi connectivity index (χ4n) is 4.82. The van der Waals surface area contributed by atoms with Crippen molar-refractivity contribution in [1.82, 2.24) is 20.5 Å². The third kappa shape index (κ3) is 3.99. The molecule has 0 saturated carbocycles. The highest BCUT2D eigenvalue weighted by atomic mass is 16.2. The van der Waals surface area contributed by atoms with Crippen molar-refractivity contribution in [2.24, 2.45) is 11.8 Å². The van der Waals surface area contributed by atoms with Gasteiger partial charge in [-0.2, -0.15) is 0 Å².